The molecule has 1 atom stereocenters. The molecule has 2 aromatic rings. The van der Waals surface area contributed by atoms with Gasteiger partial charge < -0.3 is 9.64 Å². The number of likely N-dealkylation sites (tertiary alicyclic amines) is 1. The first-order valence-electron chi connectivity index (χ1n) is 8.26. The van der Waals surface area contributed by atoms with Gasteiger partial charge in [-0.3, -0.25) is 4.79 Å². The number of imidazole rings is 1. The van der Waals surface area contributed by atoms with Gasteiger partial charge in [-0.2, -0.15) is 31.4 Å². The third kappa shape index (κ3) is 4.57. The summed E-state index contributed by atoms with van der Waals surface area (Å²) in [5.41, 5.74) is -1.47. The van der Waals surface area contributed by atoms with Gasteiger partial charge in [0.05, 0.1) is 18.8 Å². The highest BCUT2D eigenvalue weighted by Crippen LogP contribution is 2.35. The normalized spacial score (nSPS) is 18.6. The minimum atomic E-state index is -4.75. The van der Waals surface area contributed by atoms with Crippen LogP contribution in [-0.2, 0) is 28.9 Å². The van der Waals surface area contributed by atoms with Crippen molar-refractivity contribution in [1.29, 1.82) is 0 Å². The quantitative estimate of drug-likeness (QED) is 0.657. The van der Waals surface area contributed by atoms with Crippen LogP contribution in [0.25, 0.3) is 4.96 Å². The minimum absolute atomic E-state index is 0.00893. The van der Waals surface area contributed by atoms with Crippen LogP contribution in [0, 0.1) is 5.92 Å². The Morgan fingerprint density at radius 3 is 2.57 bits per heavy atom. The first kappa shape index (κ1) is 20.8. The lowest BCUT2D eigenvalue weighted by molar-refractivity contribution is -0.142. The molecule has 1 aliphatic rings. The van der Waals surface area contributed by atoms with Crippen molar-refractivity contribution in [1.82, 2.24) is 19.5 Å². The van der Waals surface area contributed by atoms with Crippen LogP contribution in [0.5, 0.6) is 0 Å². The average Bonchev–Trinajstić information content (AvgIpc) is 3.19. The van der Waals surface area contributed by atoms with Crippen LogP contribution in [0.1, 0.15) is 35.7 Å². The van der Waals surface area contributed by atoms with Crippen molar-refractivity contribution in [2.45, 2.75) is 44.8 Å². The molecular formula is C15H16F6N4O2S. The number of ether oxygens (including phenoxy) is 1. The maximum atomic E-state index is 13.4. The van der Waals surface area contributed by atoms with E-state index in [1.54, 1.807) is 0 Å². The van der Waals surface area contributed by atoms with Crippen molar-refractivity contribution in [3.63, 3.8) is 0 Å². The summed E-state index contributed by atoms with van der Waals surface area (Å²) in [6, 6.07) is 0. The van der Waals surface area contributed by atoms with E-state index in [4.69, 9.17) is 4.74 Å². The Balaban J connectivity index is 1.83. The molecule has 6 nitrogen and oxygen atoms in total. The van der Waals surface area contributed by atoms with E-state index in [1.807, 2.05) is 0 Å². The maximum absolute atomic E-state index is 13.4. The number of carbonyl (C=O) groups excluding carboxylic acids is 1. The number of methoxy groups -OCH3 is 1. The Hall–Kier alpha value is -1.89. The van der Waals surface area contributed by atoms with Gasteiger partial charge in [0.2, 0.25) is 10.9 Å². The Bertz CT molecular complexity index is 859. The van der Waals surface area contributed by atoms with Crippen LogP contribution in [0.15, 0.2) is 0 Å². The monoisotopic (exact) mass is 430 g/mol. The molecular weight excluding hydrogens is 414 g/mol. The van der Waals surface area contributed by atoms with Crippen molar-refractivity contribution >= 4 is 22.2 Å². The number of aromatic nitrogens is 3. The lowest BCUT2D eigenvalue weighted by Gasteiger charge is -2.17. The number of hydrogen-bond acceptors (Lipinski definition) is 5. The number of fused-ring (bicyclic) bond motifs is 1. The summed E-state index contributed by atoms with van der Waals surface area (Å²) in [7, 11) is 1.41. The van der Waals surface area contributed by atoms with Crippen LogP contribution >= 0.6 is 11.3 Å². The number of rotatable bonds is 6. The fraction of sp³-hybridized carbons (Fsp3) is 0.667. The zero-order valence-electron chi connectivity index (χ0n) is 14.6. The molecule has 0 unspecified atom stereocenters. The van der Waals surface area contributed by atoms with Gasteiger partial charge in [-0.15, -0.1) is 0 Å². The zero-order chi connectivity index (χ0) is 20.7. The second-order valence-electron chi connectivity index (χ2n) is 6.53. The number of halogens is 6. The molecule has 1 saturated heterocycles. The molecule has 0 saturated carbocycles. The van der Waals surface area contributed by atoms with E-state index in [2.05, 4.69) is 10.1 Å². The molecule has 3 heterocycles. The molecule has 0 aliphatic carbocycles. The highest BCUT2D eigenvalue weighted by atomic mass is 32.1. The van der Waals surface area contributed by atoms with Gasteiger partial charge in [0.1, 0.15) is 5.01 Å². The van der Waals surface area contributed by atoms with E-state index in [-0.39, 0.29) is 36.6 Å². The SMILES string of the molecule is COCc1nn2c(CN3C[C@@H](CCC(F)(F)F)CC3=O)c(C(F)(F)F)nc2s1. The van der Waals surface area contributed by atoms with Crippen molar-refractivity contribution in [3.05, 3.63) is 16.4 Å². The number of nitrogens with zero attached hydrogens (tertiary/aromatic N) is 4. The van der Waals surface area contributed by atoms with Gasteiger partial charge in [0.15, 0.2) is 5.69 Å². The molecule has 1 fully saturated rings. The molecule has 0 bridgehead atoms. The summed E-state index contributed by atoms with van der Waals surface area (Å²) < 4.78 is 83.2. The molecule has 2 aromatic heterocycles. The van der Waals surface area contributed by atoms with Crippen LogP contribution in [0.3, 0.4) is 0 Å². The molecule has 0 N–H and O–H groups in total. The highest BCUT2D eigenvalue weighted by molar-refractivity contribution is 7.16. The predicted molar refractivity (Wildman–Crippen MR) is 85.4 cm³/mol. The van der Waals surface area contributed by atoms with Crippen molar-refractivity contribution < 1.29 is 35.9 Å². The Labute approximate surface area is 159 Å². The summed E-state index contributed by atoms with van der Waals surface area (Å²) in [4.78, 5) is 16.9. The van der Waals surface area contributed by atoms with Gasteiger partial charge in [0.25, 0.3) is 0 Å². The van der Waals surface area contributed by atoms with Crippen molar-refractivity contribution in [3.8, 4) is 0 Å². The van der Waals surface area contributed by atoms with E-state index in [1.165, 1.54) is 7.11 Å². The molecule has 0 radical (unpaired) electrons. The maximum Gasteiger partial charge on any atom is 0.435 e. The fourth-order valence-corrected chi connectivity index (χ4v) is 4.01. The molecule has 3 rings (SSSR count). The van der Waals surface area contributed by atoms with E-state index in [9.17, 15) is 31.1 Å². The van der Waals surface area contributed by atoms with Crippen molar-refractivity contribution in [2.24, 2.45) is 5.92 Å². The summed E-state index contributed by atoms with van der Waals surface area (Å²) in [5.74, 6) is -1.03. The second-order valence-corrected chi connectivity index (χ2v) is 7.57. The first-order valence-corrected chi connectivity index (χ1v) is 9.07. The summed E-state index contributed by atoms with van der Waals surface area (Å²) in [5, 5.41) is 4.47. The van der Waals surface area contributed by atoms with Gasteiger partial charge in [-0.1, -0.05) is 11.3 Å². The third-order valence-corrected chi connectivity index (χ3v) is 5.23. The summed E-state index contributed by atoms with van der Waals surface area (Å²) in [6.07, 6.45) is -10.5. The number of alkyl halides is 6. The molecule has 0 aromatic carbocycles. The number of amides is 1. The second kappa shape index (κ2) is 7.50. The van der Waals surface area contributed by atoms with E-state index >= 15 is 0 Å². The highest BCUT2D eigenvalue weighted by Gasteiger charge is 2.41. The molecule has 13 heteroatoms. The Morgan fingerprint density at radius 1 is 1.25 bits per heavy atom. The third-order valence-electron chi connectivity index (χ3n) is 4.35. The van der Waals surface area contributed by atoms with Crippen LogP contribution < -0.4 is 0 Å². The molecule has 1 amide bonds. The van der Waals surface area contributed by atoms with E-state index in [0.29, 0.717) is 5.01 Å². The largest absolute Gasteiger partial charge is 0.435 e. The van der Waals surface area contributed by atoms with Crippen LogP contribution in [0.4, 0.5) is 26.3 Å². The lowest BCUT2D eigenvalue weighted by Crippen LogP contribution is -2.27. The topological polar surface area (TPSA) is 59.7 Å². The Morgan fingerprint density at radius 2 is 1.96 bits per heavy atom. The van der Waals surface area contributed by atoms with Gasteiger partial charge in [-0.05, 0) is 12.3 Å². The smallest absolute Gasteiger partial charge is 0.377 e. The minimum Gasteiger partial charge on any atom is -0.377 e. The summed E-state index contributed by atoms with van der Waals surface area (Å²) >= 11 is 0.930. The van der Waals surface area contributed by atoms with Crippen LogP contribution in [0.2, 0.25) is 0 Å². The molecule has 28 heavy (non-hydrogen) atoms. The van der Waals surface area contributed by atoms with E-state index in [0.717, 1.165) is 20.8 Å². The average molecular weight is 430 g/mol. The van der Waals surface area contributed by atoms with Gasteiger partial charge >= 0.3 is 12.4 Å². The summed E-state index contributed by atoms with van der Waals surface area (Å²) in [6.45, 7) is -0.362. The predicted octanol–water partition coefficient (Wildman–Crippen LogP) is 3.65. The number of carbonyl (C=O) groups is 1. The van der Waals surface area contributed by atoms with Gasteiger partial charge in [0, 0.05) is 26.5 Å². The molecule has 156 valence electrons. The van der Waals surface area contributed by atoms with Crippen molar-refractivity contribution in [2.75, 3.05) is 13.7 Å². The van der Waals surface area contributed by atoms with E-state index < -0.39 is 42.8 Å². The fourth-order valence-electron chi connectivity index (χ4n) is 3.13. The molecule has 0 spiro atoms. The standard InChI is InChI=1S/C15H16F6N4O2S/c1-27-7-10-23-25-9(12(15(19,20)21)22-13(25)28-10)6-24-5-8(4-11(24)26)2-3-14(16,17)18/h8H,2-7H2,1H3/t8-/m0/s1. The molecule has 1 aliphatic heterocycles. The number of hydrogen-bond donors (Lipinski definition) is 0. The lowest BCUT2D eigenvalue weighted by atomic mass is 10.0. The zero-order valence-corrected chi connectivity index (χ0v) is 15.4. The Kier molecular flexibility index (Phi) is 5.58. The van der Waals surface area contributed by atoms with Gasteiger partial charge in [-0.25, -0.2) is 9.50 Å². The first-order chi connectivity index (χ1) is 13.0. The van der Waals surface area contributed by atoms with Crippen LogP contribution in [-0.4, -0.2) is 45.2 Å².